The molecule has 10 rings (SSSR count). The van der Waals surface area contributed by atoms with E-state index in [9.17, 15) is 5.48 Å². The fourth-order valence-electron chi connectivity index (χ4n) is 5.52. The molecule has 3 aromatic heterocycles. The van der Waals surface area contributed by atoms with Crippen LogP contribution in [0.5, 0.6) is 0 Å². The second kappa shape index (κ2) is 11.4. The van der Waals surface area contributed by atoms with Crippen LogP contribution in [0, 0.1) is 0 Å². The van der Waals surface area contributed by atoms with Crippen LogP contribution >= 0.6 is 0 Å². The molecule has 0 spiro atoms. The summed E-state index contributed by atoms with van der Waals surface area (Å²) in [5, 5.41) is -2.13. The molecular formula is C45H28N4O. The molecule has 0 saturated carbocycles. The molecule has 0 radical (unpaired) electrons. The van der Waals surface area contributed by atoms with Crippen LogP contribution in [-0.4, -0.2) is 19.5 Å². The summed E-state index contributed by atoms with van der Waals surface area (Å²) in [5.41, 5.74) is -7.28. The van der Waals surface area contributed by atoms with Crippen LogP contribution in [0.2, 0.25) is 0 Å². The van der Waals surface area contributed by atoms with Crippen molar-refractivity contribution in [3.63, 3.8) is 0 Å². The Balaban J connectivity index is 1.44. The highest BCUT2D eigenvalue weighted by atomic mass is 16.3. The smallest absolute Gasteiger partial charge is 0.164 e. The first-order valence-corrected chi connectivity index (χ1v) is 14.4. The molecule has 5 heteroatoms. The summed E-state index contributed by atoms with van der Waals surface area (Å²) in [6.45, 7) is 0. The van der Waals surface area contributed by atoms with Crippen molar-refractivity contribution in [1.29, 1.82) is 0 Å². The Hall–Kier alpha value is -6.85. The van der Waals surface area contributed by atoms with E-state index in [-0.39, 0.29) is 0 Å². The zero-order valence-corrected chi connectivity index (χ0v) is 24.7. The molecule has 0 aliphatic rings. The van der Waals surface area contributed by atoms with Crippen molar-refractivity contribution < 1.29 is 42.8 Å². The highest BCUT2D eigenvalue weighted by molar-refractivity contribution is 6.17. The monoisotopic (exact) mass is 668 g/mol. The molecule has 0 amide bonds. The van der Waals surface area contributed by atoms with E-state index in [1.807, 2.05) is 0 Å². The van der Waals surface area contributed by atoms with Gasteiger partial charge < -0.3 is 8.98 Å². The normalized spacial score (nSPS) is 19.4. The van der Waals surface area contributed by atoms with Crippen molar-refractivity contribution in [3.8, 4) is 51.0 Å². The summed E-state index contributed by atoms with van der Waals surface area (Å²) < 4.78 is 254. The molecule has 0 unspecified atom stereocenters. The van der Waals surface area contributed by atoms with Gasteiger partial charge in [0.2, 0.25) is 0 Å². The zero-order chi connectivity index (χ0) is 57.4. The van der Waals surface area contributed by atoms with Crippen LogP contribution in [0.3, 0.4) is 0 Å². The molecule has 5 nitrogen and oxygen atoms in total. The van der Waals surface area contributed by atoms with Gasteiger partial charge in [0, 0.05) is 43.9 Å². The second-order valence-electron chi connectivity index (χ2n) is 10.3. The van der Waals surface area contributed by atoms with Crippen molar-refractivity contribution in [2.75, 3.05) is 0 Å². The summed E-state index contributed by atoms with van der Waals surface area (Å²) >= 11 is 0. The molecule has 234 valence electrons. The third kappa shape index (κ3) is 4.52. The minimum absolute atomic E-state index is 0.494. The zero-order valence-electron chi connectivity index (χ0n) is 52.7. The Morgan fingerprint density at radius 1 is 0.420 bits per heavy atom. The van der Waals surface area contributed by atoms with Crippen molar-refractivity contribution in [3.05, 3.63) is 169 Å². The molecule has 10 aromatic rings. The van der Waals surface area contributed by atoms with Gasteiger partial charge in [0.05, 0.1) is 49.4 Å². The van der Waals surface area contributed by atoms with Gasteiger partial charge in [-0.2, -0.15) is 0 Å². The average molecular weight is 669 g/mol. The number of para-hydroxylation sites is 2. The van der Waals surface area contributed by atoms with Gasteiger partial charge in [-0.3, -0.25) is 0 Å². The predicted molar refractivity (Wildman–Crippen MR) is 203 cm³/mol. The number of rotatable bonds is 5. The quantitative estimate of drug-likeness (QED) is 0.183. The molecule has 3 heterocycles. The van der Waals surface area contributed by atoms with Gasteiger partial charge >= 0.3 is 0 Å². The van der Waals surface area contributed by atoms with Gasteiger partial charge in [-0.05, 0) is 47.4 Å². The van der Waals surface area contributed by atoms with Crippen molar-refractivity contribution in [2.45, 2.75) is 0 Å². The molecule has 7 aromatic carbocycles. The molecular weight excluding hydrogens is 613 g/mol. The topological polar surface area (TPSA) is 56.7 Å². The van der Waals surface area contributed by atoms with Crippen molar-refractivity contribution >= 4 is 43.7 Å². The van der Waals surface area contributed by atoms with Gasteiger partial charge in [0.1, 0.15) is 11.2 Å². The maximum Gasteiger partial charge on any atom is 0.164 e. The second-order valence-corrected chi connectivity index (χ2v) is 10.3. The van der Waals surface area contributed by atoms with Crippen LogP contribution in [0.1, 0.15) is 38.4 Å². The number of aromatic nitrogens is 4. The van der Waals surface area contributed by atoms with E-state index in [0.717, 1.165) is 4.57 Å². The van der Waals surface area contributed by atoms with Crippen molar-refractivity contribution in [2.24, 2.45) is 0 Å². The first-order chi connectivity index (χ1) is 36.4. The maximum atomic E-state index is 9.83. The molecule has 0 aliphatic heterocycles. The summed E-state index contributed by atoms with van der Waals surface area (Å²) in [7, 11) is 0. The molecule has 0 fully saturated rings. The SMILES string of the molecule is [2H]c1c([2H])c([2H])c(-c2nc(-c3c([2H])c([2H])c([2H])c(-n4c5c([2H])c([2H])c([2H])c([2H])c5c5c([2H])c([2H])c([2H])c([2H])c54)c3[2H])nc(-c3c([2H])c([2H])c([2H])c4oc5c([2H])c([2H])c([2H])c(-c6c([2H])c([2H])c([2H])c([2H])c6[2H])c5c34)n2)c([2H])c1[2H]. The minimum Gasteiger partial charge on any atom is -0.456 e. The number of nitrogens with zero attached hydrogens (tertiary/aromatic N) is 4. The number of furan rings is 1. The lowest BCUT2D eigenvalue weighted by molar-refractivity contribution is 0.669. The largest absolute Gasteiger partial charge is 0.456 e. The Labute approximate surface area is 327 Å². The summed E-state index contributed by atoms with van der Waals surface area (Å²) in [6.07, 6.45) is 0. The fourth-order valence-corrected chi connectivity index (χ4v) is 5.52. The highest BCUT2D eigenvalue weighted by Gasteiger charge is 2.20. The van der Waals surface area contributed by atoms with E-state index in [1.165, 1.54) is 0 Å². The number of hydrogen-bond acceptors (Lipinski definition) is 4. The molecule has 0 N–H and O–H groups in total. The Morgan fingerprint density at radius 3 is 1.60 bits per heavy atom. The third-order valence-electron chi connectivity index (χ3n) is 7.56. The lowest BCUT2D eigenvalue weighted by Crippen LogP contribution is -2.01. The Morgan fingerprint density at radius 2 is 0.920 bits per heavy atom. The minimum atomic E-state index is -1.07. The fraction of sp³-hybridized carbons (Fsp3) is 0. The van der Waals surface area contributed by atoms with Gasteiger partial charge in [0.25, 0.3) is 0 Å². The molecule has 0 atom stereocenters. The van der Waals surface area contributed by atoms with Crippen LogP contribution in [-0.2, 0) is 0 Å². The summed E-state index contributed by atoms with van der Waals surface area (Å²) in [6, 6.07) is -25.7. The molecule has 50 heavy (non-hydrogen) atoms. The number of benzene rings is 7. The van der Waals surface area contributed by atoms with E-state index >= 15 is 0 Å². The lowest BCUT2D eigenvalue weighted by Gasteiger charge is -2.12. The first-order valence-electron chi connectivity index (χ1n) is 28.4. The predicted octanol–water partition coefficient (Wildman–Crippen LogP) is 11.5. The van der Waals surface area contributed by atoms with Gasteiger partial charge in [-0.15, -0.1) is 0 Å². The average Bonchev–Trinajstić information content (AvgIpc) is 4.12. The van der Waals surface area contributed by atoms with E-state index < -0.39 is 264 Å². The van der Waals surface area contributed by atoms with Gasteiger partial charge in [-0.25, -0.2) is 15.0 Å². The van der Waals surface area contributed by atoms with Crippen LogP contribution in [0.15, 0.2) is 174 Å². The lowest BCUT2D eigenvalue weighted by atomic mass is 9.97. The third-order valence-corrected chi connectivity index (χ3v) is 7.56. The van der Waals surface area contributed by atoms with E-state index in [0.29, 0.717) is 0 Å². The van der Waals surface area contributed by atoms with Crippen LogP contribution in [0.4, 0.5) is 0 Å². The first kappa shape index (κ1) is 11.9. The molecule has 0 saturated heterocycles. The van der Waals surface area contributed by atoms with Crippen LogP contribution < -0.4 is 0 Å². The van der Waals surface area contributed by atoms with Gasteiger partial charge in [-0.1, -0.05) is 133 Å². The molecule has 0 bridgehead atoms. The Bertz CT molecular complexity index is 4360. The number of hydrogen-bond donors (Lipinski definition) is 0. The standard InChI is InChI=1S/C45H28N4O/c1-3-14-29(15-4-1)33-22-12-26-39-41(33)42-36(23-13-27-40(42)50-39)45-47-43(30-16-5-2-6-17-30)46-44(48-45)31-18-11-19-32(28-31)49-37-24-9-7-20-34(37)35-21-8-10-25-38(35)49/h1-28H/i1D,2D,3D,4D,5D,6D,7D,8D,9D,10D,11D,12D,13D,14D,15D,16D,17D,18D,19D,20D,21D,22D,23D,24D,25D,26D,27D,28D. The molecule has 0 aliphatic carbocycles. The summed E-state index contributed by atoms with van der Waals surface area (Å²) in [4.78, 5) is 13.2. The van der Waals surface area contributed by atoms with Gasteiger partial charge in [0.15, 0.2) is 17.5 Å². The maximum absolute atomic E-state index is 9.83. The van der Waals surface area contributed by atoms with Crippen LogP contribution in [0.25, 0.3) is 94.7 Å². The van der Waals surface area contributed by atoms with E-state index in [4.69, 9.17) is 37.3 Å². The van der Waals surface area contributed by atoms with E-state index in [2.05, 4.69) is 15.0 Å². The van der Waals surface area contributed by atoms with E-state index in [1.54, 1.807) is 0 Å². The number of fused-ring (bicyclic) bond motifs is 6. The highest BCUT2D eigenvalue weighted by Crippen LogP contribution is 2.41. The van der Waals surface area contributed by atoms with Crippen molar-refractivity contribution in [1.82, 2.24) is 19.5 Å². The Kier molecular flexibility index (Phi) is 2.72. The summed E-state index contributed by atoms with van der Waals surface area (Å²) in [5.74, 6) is -2.77.